The molecule has 16 heavy (non-hydrogen) atoms. The number of primary amides is 1. The molecule has 0 aliphatic rings. The van der Waals surface area contributed by atoms with Gasteiger partial charge >= 0.3 is 0 Å². The van der Waals surface area contributed by atoms with Crippen LogP contribution in [0.15, 0.2) is 47.4 Å². The summed E-state index contributed by atoms with van der Waals surface area (Å²) in [6, 6.07) is 12.4. The van der Waals surface area contributed by atoms with E-state index in [-0.39, 0.29) is 5.56 Å². The van der Waals surface area contributed by atoms with Crippen LogP contribution in [-0.4, -0.2) is 10.5 Å². The van der Waals surface area contributed by atoms with Crippen LogP contribution < -0.4 is 11.3 Å². The Bertz CT molecular complexity index is 570. The Morgan fingerprint density at radius 1 is 1.25 bits per heavy atom. The molecule has 79 valence electrons. The van der Waals surface area contributed by atoms with E-state index < -0.39 is 5.91 Å². The van der Waals surface area contributed by atoms with Gasteiger partial charge in [-0.25, -0.2) is 0 Å². The molecule has 2 aromatic rings. The van der Waals surface area contributed by atoms with E-state index in [1.54, 1.807) is 30.5 Å². The van der Waals surface area contributed by atoms with Crippen LogP contribution in [0.1, 0.15) is 10.4 Å². The molecule has 0 bridgehead atoms. The maximum Gasteiger partial charge on any atom is 0.255 e. The first-order valence-corrected chi connectivity index (χ1v) is 4.68. The molecule has 4 nitrogen and oxygen atoms in total. The molecule has 0 atom stereocenters. The van der Waals surface area contributed by atoms with E-state index in [1.807, 2.05) is 0 Å². The van der Waals surface area contributed by atoms with Gasteiger partial charge in [-0.3, -0.25) is 14.2 Å². The van der Waals surface area contributed by atoms with Crippen LogP contribution in [0, 0.1) is 6.07 Å². The summed E-state index contributed by atoms with van der Waals surface area (Å²) < 4.78 is 1.46. The van der Waals surface area contributed by atoms with Gasteiger partial charge in [0.2, 0.25) is 5.91 Å². The number of carbonyl (C=O) groups is 1. The van der Waals surface area contributed by atoms with Crippen molar-refractivity contribution >= 4 is 5.91 Å². The first-order chi connectivity index (χ1) is 7.68. The molecule has 4 heteroatoms. The average molecular weight is 213 g/mol. The van der Waals surface area contributed by atoms with E-state index >= 15 is 0 Å². The molecule has 2 rings (SSSR count). The Hall–Kier alpha value is -2.36. The summed E-state index contributed by atoms with van der Waals surface area (Å²) in [5, 5.41) is 0. The van der Waals surface area contributed by atoms with Crippen molar-refractivity contribution in [2.45, 2.75) is 0 Å². The second-order valence-electron chi connectivity index (χ2n) is 3.23. The molecule has 1 aromatic carbocycles. The summed E-state index contributed by atoms with van der Waals surface area (Å²) in [6.07, 6.45) is 1.65. The molecule has 0 fully saturated rings. The summed E-state index contributed by atoms with van der Waals surface area (Å²) in [4.78, 5) is 22.3. The first kappa shape index (κ1) is 10.2. The number of amides is 1. The Kier molecular flexibility index (Phi) is 2.55. The van der Waals surface area contributed by atoms with Gasteiger partial charge in [0.1, 0.15) is 0 Å². The van der Waals surface area contributed by atoms with Crippen molar-refractivity contribution in [2.75, 3.05) is 0 Å². The van der Waals surface area contributed by atoms with E-state index in [0.717, 1.165) is 0 Å². The Balaban J connectivity index is 2.47. The van der Waals surface area contributed by atoms with Crippen molar-refractivity contribution in [3.05, 3.63) is 64.6 Å². The van der Waals surface area contributed by atoms with Gasteiger partial charge in [-0.15, -0.1) is 0 Å². The van der Waals surface area contributed by atoms with E-state index in [9.17, 15) is 9.59 Å². The van der Waals surface area contributed by atoms with E-state index in [2.05, 4.69) is 6.07 Å². The molecule has 1 amide bonds. The second kappa shape index (κ2) is 4.02. The van der Waals surface area contributed by atoms with Gasteiger partial charge < -0.3 is 5.73 Å². The van der Waals surface area contributed by atoms with E-state index in [4.69, 9.17) is 5.73 Å². The van der Waals surface area contributed by atoms with Crippen LogP contribution in [0.25, 0.3) is 5.69 Å². The maximum atomic E-state index is 11.5. The van der Waals surface area contributed by atoms with Crippen LogP contribution >= 0.6 is 0 Å². The smallest absolute Gasteiger partial charge is 0.255 e. The van der Waals surface area contributed by atoms with Crippen molar-refractivity contribution in [1.29, 1.82) is 0 Å². The van der Waals surface area contributed by atoms with Crippen LogP contribution in [-0.2, 0) is 0 Å². The lowest BCUT2D eigenvalue weighted by Crippen LogP contribution is -2.16. The van der Waals surface area contributed by atoms with Crippen LogP contribution in [0.5, 0.6) is 0 Å². The zero-order chi connectivity index (χ0) is 11.5. The van der Waals surface area contributed by atoms with Gasteiger partial charge in [-0.2, -0.15) is 0 Å². The van der Waals surface area contributed by atoms with Crippen molar-refractivity contribution in [3.63, 3.8) is 0 Å². The number of hydrogen-bond acceptors (Lipinski definition) is 2. The number of nitrogens with two attached hydrogens (primary N) is 1. The third kappa shape index (κ3) is 1.86. The molecular weight excluding hydrogens is 204 g/mol. The molecule has 0 spiro atoms. The molecule has 0 saturated carbocycles. The Morgan fingerprint density at radius 2 is 2.06 bits per heavy atom. The number of rotatable bonds is 2. The third-order valence-corrected chi connectivity index (χ3v) is 2.16. The molecule has 1 heterocycles. The van der Waals surface area contributed by atoms with Crippen molar-refractivity contribution in [1.82, 2.24) is 4.57 Å². The Morgan fingerprint density at radius 3 is 2.62 bits per heavy atom. The molecule has 0 aliphatic carbocycles. The largest absolute Gasteiger partial charge is 0.366 e. The van der Waals surface area contributed by atoms with Crippen molar-refractivity contribution < 1.29 is 4.79 Å². The van der Waals surface area contributed by atoms with Gasteiger partial charge in [0.15, 0.2) is 0 Å². The zero-order valence-corrected chi connectivity index (χ0v) is 8.38. The number of hydrogen-bond donors (Lipinski definition) is 1. The van der Waals surface area contributed by atoms with E-state index in [1.165, 1.54) is 16.7 Å². The molecule has 0 aliphatic heterocycles. The first-order valence-electron chi connectivity index (χ1n) is 4.68. The maximum absolute atomic E-state index is 11.5. The van der Waals surface area contributed by atoms with E-state index in [0.29, 0.717) is 11.3 Å². The number of benzene rings is 1. The number of nitrogens with zero attached hydrogens (tertiary/aromatic N) is 1. The van der Waals surface area contributed by atoms with Crippen LogP contribution in [0.2, 0.25) is 0 Å². The van der Waals surface area contributed by atoms with Crippen LogP contribution in [0.4, 0.5) is 0 Å². The summed E-state index contributed by atoms with van der Waals surface area (Å²) in [5.41, 5.74) is 5.90. The monoisotopic (exact) mass is 213 g/mol. The highest BCUT2D eigenvalue weighted by molar-refractivity contribution is 5.92. The highest BCUT2D eigenvalue weighted by Crippen LogP contribution is 2.06. The lowest BCUT2D eigenvalue weighted by Gasteiger charge is -2.04. The van der Waals surface area contributed by atoms with Gasteiger partial charge in [-0.1, -0.05) is 6.07 Å². The third-order valence-electron chi connectivity index (χ3n) is 2.16. The molecular formula is C12H9N2O2. The minimum atomic E-state index is -0.535. The number of aromatic nitrogens is 1. The predicted octanol–water partition coefficient (Wildman–Crippen LogP) is 0.737. The lowest BCUT2D eigenvalue weighted by molar-refractivity contribution is 0.1000. The fourth-order valence-electron chi connectivity index (χ4n) is 1.36. The predicted molar refractivity (Wildman–Crippen MR) is 59.4 cm³/mol. The molecule has 1 aromatic heterocycles. The fourth-order valence-corrected chi connectivity index (χ4v) is 1.36. The lowest BCUT2D eigenvalue weighted by atomic mass is 10.2. The minimum absolute atomic E-state index is 0.136. The standard InChI is InChI=1S/C12H9N2O2/c13-12(16)9-4-6-10(7-5-9)14-8-2-1-3-11(14)15/h1-4,6-8H,(H2,13,16). The highest BCUT2D eigenvalue weighted by Gasteiger charge is 2.02. The number of pyridine rings is 1. The average Bonchev–Trinajstić information content (AvgIpc) is 2.30. The molecule has 1 radical (unpaired) electrons. The van der Waals surface area contributed by atoms with Gasteiger partial charge in [-0.05, 0) is 30.3 Å². The highest BCUT2D eigenvalue weighted by atomic mass is 16.1. The van der Waals surface area contributed by atoms with Gasteiger partial charge in [0, 0.05) is 23.5 Å². The van der Waals surface area contributed by atoms with Crippen molar-refractivity contribution in [3.8, 4) is 5.69 Å². The SMILES string of the molecule is NC(=O)c1[c]cc(-n2ccccc2=O)cc1. The van der Waals surface area contributed by atoms with Crippen LogP contribution in [0.3, 0.4) is 0 Å². The minimum Gasteiger partial charge on any atom is -0.366 e. The Labute approximate surface area is 91.9 Å². The van der Waals surface area contributed by atoms with Gasteiger partial charge in [0.05, 0.1) is 0 Å². The second-order valence-corrected chi connectivity index (χ2v) is 3.23. The number of carbonyl (C=O) groups excluding carboxylic acids is 1. The summed E-state index contributed by atoms with van der Waals surface area (Å²) in [7, 11) is 0. The normalized spacial score (nSPS) is 10.0. The summed E-state index contributed by atoms with van der Waals surface area (Å²) in [6.45, 7) is 0. The zero-order valence-electron chi connectivity index (χ0n) is 8.38. The fraction of sp³-hybridized carbons (Fsp3) is 0. The topological polar surface area (TPSA) is 65.1 Å². The summed E-state index contributed by atoms with van der Waals surface area (Å²) >= 11 is 0. The summed E-state index contributed by atoms with van der Waals surface area (Å²) in [5.74, 6) is -0.535. The molecule has 0 unspecified atom stereocenters. The quantitative estimate of drug-likeness (QED) is 0.799. The van der Waals surface area contributed by atoms with Gasteiger partial charge in [0.25, 0.3) is 5.56 Å². The molecule has 0 saturated heterocycles. The van der Waals surface area contributed by atoms with Crippen molar-refractivity contribution in [2.24, 2.45) is 5.73 Å². The molecule has 2 N–H and O–H groups in total.